The molecule has 0 bridgehead atoms. The van der Waals surface area contributed by atoms with Crippen LogP contribution in [0.3, 0.4) is 0 Å². The molecule has 0 saturated carbocycles. The first-order chi connectivity index (χ1) is 7.83. The van der Waals surface area contributed by atoms with Crippen LogP contribution in [0.5, 0.6) is 0 Å². The van der Waals surface area contributed by atoms with E-state index in [0.29, 0.717) is 0 Å². The van der Waals surface area contributed by atoms with Crippen LogP contribution in [-0.4, -0.2) is 9.97 Å². The molecule has 0 radical (unpaired) electrons. The van der Waals surface area contributed by atoms with Crippen molar-refractivity contribution in [1.29, 1.82) is 0 Å². The van der Waals surface area contributed by atoms with Gasteiger partial charge in [0.1, 0.15) is 0 Å². The normalized spacial score (nSPS) is 13.8. The minimum absolute atomic E-state index is 0.405. The van der Waals surface area contributed by atoms with Gasteiger partial charge in [-0.15, -0.1) is 0 Å². The zero-order valence-corrected chi connectivity index (χ0v) is 7.87. The summed E-state index contributed by atoms with van der Waals surface area (Å²) in [7, 11) is 0. The molecule has 1 heterocycles. The molecule has 0 saturated heterocycles. The maximum absolute atomic E-state index is 12.2. The zero-order valence-electron chi connectivity index (χ0n) is 7.87. The van der Waals surface area contributed by atoms with Crippen molar-refractivity contribution in [2.24, 2.45) is 0 Å². The van der Waals surface area contributed by atoms with Gasteiger partial charge in [0.05, 0.1) is 6.20 Å². The molecule has 0 aliphatic carbocycles. The minimum atomic E-state index is -5.70. The Hall–Kier alpha value is -1.55. The maximum Gasteiger partial charge on any atom is 0.435 e. The summed E-state index contributed by atoms with van der Waals surface area (Å²) in [6.07, 6.45) is -17.0. The van der Waals surface area contributed by atoms with Crippen molar-refractivity contribution in [2.75, 3.05) is 0 Å². The molecule has 0 aliphatic rings. The zero-order chi connectivity index (χ0) is 14.4. The number of rotatable bonds is 0. The summed E-state index contributed by atoms with van der Waals surface area (Å²) in [5, 5.41) is 0. The van der Waals surface area contributed by atoms with Gasteiger partial charge in [-0.2, -0.15) is 39.5 Å². The van der Waals surface area contributed by atoms with Crippen LogP contribution in [-0.2, 0) is 18.5 Å². The molecule has 0 aliphatic heterocycles. The van der Waals surface area contributed by atoms with E-state index in [4.69, 9.17) is 0 Å². The summed E-state index contributed by atoms with van der Waals surface area (Å²) in [6.45, 7) is 0. The standard InChI is InChI=1S/C7HF9N2/c8-5(9,10)2-1-17-3(6(11,12)13)4(18-2)7(14,15)16/h1H. The molecule has 0 aromatic carbocycles. The number of hydrogen-bond donors (Lipinski definition) is 0. The van der Waals surface area contributed by atoms with Gasteiger partial charge in [0.25, 0.3) is 0 Å². The first kappa shape index (κ1) is 14.5. The molecule has 102 valence electrons. The molecule has 0 N–H and O–H groups in total. The van der Waals surface area contributed by atoms with Crippen LogP contribution in [0.4, 0.5) is 39.5 Å². The highest BCUT2D eigenvalue weighted by Gasteiger charge is 2.48. The van der Waals surface area contributed by atoms with Gasteiger partial charge in [0.15, 0.2) is 17.1 Å². The Morgan fingerprint density at radius 2 is 1.11 bits per heavy atom. The Balaban J connectivity index is 3.50. The van der Waals surface area contributed by atoms with E-state index in [2.05, 4.69) is 4.98 Å². The Labute approximate surface area is 92.5 Å². The van der Waals surface area contributed by atoms with E-state index < -0.39 is 41.8 Å². The Kier molecular flexibility index (Phi) is 3.21. The highest BCUT2D eigenvalue weighted by molar-refractivity contribution is 5.21. The molecule has 11 heteroatoms. The second-order valence-electron chi connectivity index (χ2n) is 2.95. The smallest absolute Gasteiger partial charge is 0.247 e. The van der Waals surface area contributed by atoms with E-state index in [0.717, 1.165) is 0 Å². The van der Waals surface area contributed by atoms with Crippen LogP contribution in [0.25, 0.3) is 0 Å². The molecule has 0 atom stereocenters. The SMILES string of the molecule is FC(F)(F)c1cnc(C(F)(F)F)c(C(F)(F)F)n1. The van der Waals surface area contributed by atoms with Crippen molar-refractivity contribution in [3.8, 4) is 0 Å². The molecule has 0 spiro atoms. The van der Waals surface area contributed by atoms with Crippen molar-refractivity contribution >= 4 is 0 Å². The molecule has 0 unspecified atom stereocenters. The third-order valence-corrected chi connectivity index (χ3v) is 1.60. The fourth-order valence-corrected chi connectivity index (χ4v) is 0.931. The summed E-state index contributed by atoms with van der Waals surface area (Å²) < 4.78 is 109. The molecule has 0 fully saturated rings. The van der Waals surface area contributed by atoms with Crippen molar-refractivity contribution < 1.29 is 39.5 Å². The van der Waals surface area contributed by atoms with Gasteiger partial charge in [-0.25, -0.2) is 9.97 Å². The number of hydrogen-bond acceptors (Lipinski definition) is 2. The van der Waals surface area contributed by atoms with Gasteiger partial charge >= 0.3 is 18.5 Å². The molecule has 1 aromatic heterocycles. The molecule has 1 rings (SSSR count). The van der Waals surface area contributed by atoms with E-state index in [1.165, 1.54) is 0 Å². The first-order valence-electron chi connectivity index (χ1n) is 3.92. The fraction of sp³-hybridized carbons (Fsp3) is 0.429. The monoisotopic (exact) mass is 284 g/mol. The third-order valence-electron chi connectivity index (χ3n) is 1.60. The number of nitrogens with zero attached hydrogens (tertiary/aromatic N) is 2. The Morgan fingerprint density at radius 3 is 1.44 bits per heavy atom. The predicted octanol–water partition coefficient (Wildman–Crippen LogP) is 3.53. The average Bonchev–Trinajstić information content (AvgIpc) is 2.12. The molecule has 1 aromatic rings. The summed E-state index contributed by atoms with van der Waals surface area (Å²) in [5.41, 5.74) is -7.38. The third kappa shape index (κ3) is 3.01. The molecule has 18 heavy (non-hydrogen) atoms. The number of aromatic nitrogens is 2. The van der Waals surface area contributed by atoms with Crippen molar-refractivity contribution in [2.45, 2.75) is 18.5 Å². The lowest BCUT2D eigenvalue weighted by Gasteiger charge is -2.15. The van der Waals surface area contributed by atoms with E-state index in [1.54, 1.807) is 0 Å². The fourth-order valence-electron chi connectivity index (χ4n) is 0.931. The second kappa shape index (κ2) is 3.99. The van der Waals surface area contributed by atoms with Crippen LogP contribution in [0.2, 0.25) is 0 Å². The highest BCUT2D eigenvalue weighted by Crippen LogP contribution is 2.39. The quantitative estimate of drug-likeness (QED) is 0.681. The van der Waals surface area contributed by atoms with E-state index in [9.17, 15) is 39.5 Å². The summed E-state index contributed by atoms with van der Waals surface area (Å²) in [4.78, 5) is 4.10. The van der Waals surface area contributed by atoms with Crippen molar-refractivity contribution in [3.05, 3.63) is 23.3 Å². The van der Waals surface area contributed by atoms with Gasteiger partial charge in [0.2, 0.25) is 0 Å². The van der Waals surface area contributed by atoms with Crippen LogP contribution in [0.1, 0.15) is 17.1 Å². The summed E-state index contributed by atoms with van der Waals surface area (Å²) in [5.74, 6) is 0. The lowest BCUT2D eigenvalue weighted by Crippen LogP contribution is -2.23. The van der Waals surface area contributed by atoms with Crippen molar-refractivity contribution in [1.82, 2.24) is 9.97 Å². The minimum Gasteiger partial charge on any atom is -0.247 e. The van der Waals surface area contributed by atoms with Crippen LogP contribution < -0.4 is 0 Å². The largest absolute Gasteiger partial charge is 0.435 e. The number of alkyl halides is 9. The van der Waals surface area contributed by atoms with Crippen LogP contribution in [0, 0.1) is 0 Å². The maximum atomic E-state index is 12.2. The topological polar surface area (TPSA) is 25.8 Å². The van der Waals surface area contributed by atoms with Crippen molar-refractivity contribution in [3.63, 3.8) is 0 Å². The second-order valence-corrected chi connectivity index (χ2v) is 2.95. The van der Waals surface area contributed by atoms with Gasteiger partial charge in [0, 0.05) is 0 Å². The van der Waals surface area contributed by atoms with Gasteiger partial charge in [-0.1, -0.05) is 0 Å². The molecular weight excluding hydrogens is 283 g/mol. The van der Waals surface area contributed by atoms with Crippen LogP contribution >= 0.6 is 0 Å². The lowest BCUT2D eigenvalue weighted by atomic mass is 10.2. The molecule has 2 nitrogen and oxygen atoms in total. The molecule has 0 amide bonds. The highest BCUT2D eigenvalue weighted by atomic mass is 19.4. The van der Waals surface area contributed by atoms with Gasteiger partial charge in [-0.3, -0.25) is 0 Å². The first-order valence-corrected chi connectivity index (χ1v) is 3.92. The predicted molar refractivity (Wildman–Crippen MR) is 37.0 cm³/mol. The van der Waals surface area contributed by atoms with E-state index in [1.807, 2.05) is 4.98 Å². The molecular formula is C7HF9N2. The Bertz CT molecular complexity index is 442. The van der Waals surface area contributed by atoms with Gasteiger partial charge in [-0.05, 0) is 0 Å². The van der Waals surface area contributed by atoms with E-state index in [-0.39, 0.29) is 0 Å². The van der Waals surface area contributed by atoms with Crippen LogP contribution in [0.15, 0.2) is 6.20 Å². The van der Waals surface area contributed by atoms with E-state index >= 15 is 0 Å². The summed E-state index contributed by atoms with van der Waals surface area (Å²) >= 11 is 0. The summed E-state index contributed by atoms with van der Waals surface area (Å²) in [6, 6.07) is 0. The lowest BCUT2D eigenvalue weighted by molar-refractivity contribution is -0.170. The average molecular weight is 284 g/mol. The Morgan fingerprint density at radius 1 is 0.667 bits per heavy atom. The number of halogens is 9. The van der Waals surface area contributed by atoms with Gasteiger partial charge < -0.3 is 0 Å².